The molecule has 2 aromatic heterocycles. The third-order valence-corrected chi connectivity index (χ3v) is 5.92. The van der Waals surface area contributed by atoms with Crippen LogP contribution in [0, 0.1) is 11.8 Å². The molecule has 27 heavy (non-hydrogen) atoms. The van der Waals surface area contributed by atoms with E-state index in [1.165, 1.54) is 6.42 Å². The first-order valence-corrected chi connectivity index (χ1v) is 9.05. The summed E-state index contributed by atoms with van der Waals surface area (Å²) < 4.78 is 11.6. The summed E-state index contributed by atoms with van der Waals surface area (Å²) in [5.41, 5.74) is 6.34. The van der Waals surface area contributed by atoms with E-state index in [4.69, 9.17) is 14.9 Å². The summed E-state index contributed by atoms with van der Waals surface area (Å²) in [6, 6.07) is 3.77. The molecule has 0 spiro atoms. The lowest BCUT2D eigenvalue weighted by Crippen LogP contribution is -2.58. The van der Waals surface area contributed by atoms with Crippen LogP contribution in [0.15, 0.2) is 35.2 Å². The number of oxazole rings is 1. The Labute approximate surface area is 164 Å². The molecular formula is C19H25ClN4O3. The summed E-state index contributed by atoms with van der Waals surface area (Å²) in [5.74, 6) is 0.897. The highest BCUT2D eigenvalue weighted by Gasteiger charge is 2.53. The Morgan fingerprint density at radius 3 is 2.67 bits per heavy atom. The number of primary amides is 1. The smallest absolute Gasteiger partial charge is 0.267 e. The zero-order valence-corrected chi connectivity index (χ0v) is 16.2. The molecule has 3 atom stereocenters. The molecule has 2 bridgehead atoms. The highest BCUT2D eigenvalue weighted by molar-refractivity contribution is 5.90. The summed E-state index contributed by atoms with van der Waals surface area (Å²) in [5, 5.41) is 0. The molecule has 8 heteroatoms. The fourth-order valence-electron chi connectivity index (χ4n) is 4.91. The van der Waals surface area contributed by atoms with Gasteiger partial charge in [-0.05, 0) is 30.5 Å². The van der Waals surface area contributed by atoms with Gasteiger partial charge in [-0.15, -0.1) is 12.4 Å². The van der Waals surface area contributed by atoms with Crippen molar-refractivity contribution in [3.8, 4) is 0 Å². The Kier molecular flexibility index (Phi) is 5.83. The molecule has 2 aliphatic rings. The molecule has 1 aliphatic carbocycles. The second-order valence-electron chi connectivity index (χ2n) is 7.24. The normalized spacial score (nSPS) is 27.7. The number of aromatic nitrogens is 2. The Morgan fingerprint density at radius 2 is 2.07 bits per heavy atom. The van der Waals surface area contributed by atoms with Crippen LogP contribution >= 0.6 is 12.4 Å². The Hall–Kier alpha value is -1.96. The van der Waals surface area contributed by atoms with Gasteiger partial charge >= 0.3 is 0 Å². The predicted molar refractivity (Wildman–Crippen MR) is 101 cm³/mol. The van der Waals surface area contributed by atoms with Gasteiger partial charge in [0.15, 0.2) is 0 Å². The summed E-state index contributed by atoms with van der Waals surface area (Å²) >= 11 is 0. The minimum Gasteiger partial charge on any atom is -0.448 e. The average molecular weight is 393 g/mol. The topological polar surface area (TPSA) is 94.5 Å². The van der Waals surface area contributed by atoms with Crippen LogP contribution in [0.4, 0.5) is 0 Å². The zero-order valence-electron chi connectivity index (χ0n) is 15.3. The minimum atomic E-state index is -0.510. The molecule has 146 valence electrons. The molecule has 1 aliphatic heterocycles. The van der Waals surface area contributed by atoms with Gasteiger partial charge in [-0.2, -0.15) is 0 Å². The third kappa shape index (κ3) is 3.47. The van der Waals surface area contributed by atoms with Gasteiger partial charge in [0, 0.05) is 38.2 Å². The number of piperidine rings is 1. The zero-order chi connectivity index (χ0) is 18.1. The maximum absolute atomic E-state index is 11.6. The number of likely N-dealkylation sites (tertiary alicyclic amines) is 1. The van der Waals surface area contributed by atoms with Crippen molar-refractivity contribution in [1.82, 2.24) is 14.9 Å². The molecule has 2 aromatic rings. The van der Waals surface area contributed by atoms with E-state index >= 15 is 0 Å². The SMILES string of the molecule is CO[C@@]1(c2ccnc(C(N)=O)c2)[C@@H]2CCC[C@H]1CN(Cc1ncco1)C2.Cl. The number of hydrogen-bond acceptors (Lipinski definition) is 6. The number of pyridine rings is 1. The Bertz CT molecular complexity index is 769. The first-order valence-electron chi connectivity index (χ1n) is 9.05. The van der Waals surface area contributed by atoms with E-state index < -0.39 is 11.5 Å². The van der Waals surface area contributed by atoms with E-state index in [0.717, 1.165) is 37.4 Å². The number of methoxy groups -OCH3 is 1. The molecule has 1 saturated carbocycles. The number of ether oxygens (including phenoxy) is 1. The maximum Gasteiger partial charge on any atom is 0.267 e. The van der Waals surface area contributed by atoms with Gasteiger partial charge < -0.3 is 14.9 Å². The molecule has 0 aromatic carbocycles. The van der Waals surface area contributed by atoms with Gasteiger partial charge in [-0.3, -0.25) is 14.7 Å². The van der Waals surface area contributed by atoms with Gasteiger partial charge in [-0.25, -0.2) is 4.98 Å². The molecular weight excluding hydrogens is 368 g/mol. The Morgan fingerprint density at radius 1 is 1.33 bits per heavy atom. The minimum absolute atomic E-state index is 0. The van der Waals surface area contributed by atoms with E-state index in [9.17, 15) is 4.79 Å². The second kappa shape index (κ2) is 7.96. The van der Waals surface area contributed by atoms with Crippen molar-refractivity contribution in [2.75, 3.05) is 20.2 Å². The molecule has 0 radical (unpaired) electrons. The fourth-order valence-corrected chi connectivity index (χ4v) is 4.91. The van der Waals surface area contributed by atoms with E-state index in [2.05, 4.69) is 14.9 Å². The van der Waals surface area contributed by atoms with E-state index in [0.29, 0.717) is 24.1 Å². The first-order chi connectivity index (χ1) is 12.6. The fraction of sp³-hybridized carbons (Fsp3) is 0.526. The summed E-state index contributed by atoms with van der Waals surface area (Å²) in [7, 11) is 1.78. The quantitative estimate of drug-likeness (QED) is 0.839. The summed E-state index contributed by atoms with van der Waals surface area (Å²) in [4.78, 5) is 22.3. The van der Waals surface area contributed by atoms with Gasteiger partial charge in [0.1, 0.15) is 17.6 Å². The van der Waals surface area contributed by atoms with Crippen molar-refractivity contribution in [1.29, 1.82) is 0 Å². The highest BCUT2D eigenvalue weighted by atomic mass is 35.5. The maximum atomic E-state index is 11.6. The van der Waals surface area contributed by atoms with Crippen LogP contribution in [-0.4, -0.2) is 41.0 Å². The molecule has 7 nitrogen and oxygen atoms in total. The van der Waals surface area contributed by atoms with Crippen LogP contribution in [0.25, 0.3) is 0 Å². The van der Waals surface area contributed by atoms with Crippen molar-refractivity contribution in [2.24, 2.45) is 17.6 Å². The first kappa shape index (κ1) is 19.8. The number of fused-ring (bicyclic) bond motifs is 2. The predicted octanol–water partition coefficient (Wildman–Crippen LogP) is 2.36. The van der Waals surface area contributed by atoms with Gasteiger partial charge in [0.2, 0.25) is 5.89 Å². The van der Waals surface area contributed by atoms with Crippen LogP contribution in [0.1, 0.15) is 41.2 Å². The largest absolute Gasteiger partial charge is 0.448 e. The molecule has 3 heterocycles. The third-order valence-electron chi connectivity index (χ3n) is 5.92. The number of hydrogen-bond donors (Lipinski definition) is 1. The summed E-state index contributed by atoms with van der Waals surface area (Å²) in [6.45, 7) is 2.52. The lowest BCUT2D eigenvalue weighted by molar-refractivity contribution is -0.171. The van der Waals surface area contributed by atoms with Gasteiger partial charge in [0.05, 0.1) is 12.7 Å². The lowest BCUT2D eigenvalue weighted by Gasteiger charge is -2.55. The molecule has 0 unspecified atom stereocenters. The molecule has 2 fully saturated rings. The van der Waals surface area contributed by atoms with E-state index in [1.54, 1.807) is 31.8 Å². The summed E-state index contributed by atoms with van der Waals surface area (Å²) in [6.07, 6.45) is 8.32. The van der Waals surface area contributed by atoms with Crippen molar-refractivity contribution in [3.05, 3.63) is 47.9 Å². The molecule has 4 rings (SSSR count). The number of amides is 1. The van der Waals surface area contributed by atoms with Crippen LogP contribution in [0.3, 0.4) is 0 Å². The van der Waals surface area contributed by atoms with Crippen molar-refractivity contribution >= 4 is 18.3 Å². The number of nitrogens with zero attached hydrogens (tertiary/aromatic N) is 3. The van der Waals surface area contributed by atoms with Crippen molar-refractivity contribution in [3.63, 3.8) is 0 Å². The van der Waals surface area contributed by atoms with E-state index in [-0.39, 0.29) is 12.4 Å². The van der Waals surface area contributed by atoms with Crippen molar-refractivity contribution < 1.29 is 13.9 Å². The van der Waals surface area contributed by atoms with Gasteiger partial charge in [-0.1, -0.05) is 6.42 Å². The van der Waals surface area contributed by atoms with Crippen molar-refractivity contribution in [2.45, 2.75) is 31.4 Å². The number of carbonyl (C=O) groups is 1. The number of rotatable bonds is 5. The highest BCUT2D eigenvalue weighted by Crippen LogP contribution is 2.51. The molecule has 1 amide bonds. The van der Waals surface area contributed by atoms with Crippen LogP contribution in [0.5, 0.6) is 0 Å². The standard InChI is InChI=1S/C19H24N4O3.ClH/c1-25-19(13-5-6-21-16(9-13)18(20)24)14-3-2-4-15(19)11-23(10-14)12-17-22-7-8-26-17;/h5-9,14-15H,2-4,10-12H2,1H3,(H2,20,24);1H/t14-,15+,19+;. The number of halogens is 1. The van der Waals surface area contributed by atoms with Gasteiger partial charge in [0.25, 0.3) is 5.91 Å². The van der Waals surface area contributed by atoms with Crippen LogP contribution < -0.4 is 5.73 Å². The molecule has 1 saturated heterocycles. The second-order valence-corrected chi connectivity index (χ2v) is 7.24. The van der Waals surface area contributed by atoms with Crippen LogP contribution in [0.2, 0.25) is 0 Å². The average Bonchev–Trinajstić information content (AvgIpc) is 3.14. The Balaban J connectivity index is 0.00000210. The monoisotopic (exact) mass is 392 g/mol. The number of carbonyl (C=O) groups excluding carboxylic acids is 1. The number of nitrogens with two attached hydrogens (primary N) is 1. The lowest BCUT2D eigenvalue weighted by atomic mass is 9.62. The van der Waals surface area contributed by atoms with E-state index in [1.807, 2.05) is 6.07 Å². The van der Waals surface area contributed by atoms with Crippen LogP contribution in [-0.2, 0) is 16.9 Å². The molecule has 2 N–H and O–H groups in total.